The first-order valence-corrected chi connectivity index (χ1v) is 13.6. The van der Waals surface area contributed by atoms with Crippen LogP contribution in [0.4, 0.5) is 5.69 Å². The van der Waals surface area contributed by atoms with Gasteiger partial charge in [-0.25, -0.2) is 4.98 Å². The van der Waals surface area contributed by atoms with E-state index in [2.05, 4.69) is 10.3 Å². The predicted octanol–water partition coefficient (Wildman–Crippen LogP) is 8.52. The number of nitrogens with one attached hydrogen (secondary N) is 1. The molecule has 0 spiro atoms. The molecule has 0 bridgehead atoms. The molecule has 4 aromatic rings. The Hall–Kier alpha value is -1.86. The number of alkyl halides is 2. The molecular formula is C26H17Cl5N2O2S. The van der Waals surface area contributed by atoms with E-state index in [0.717, 1.165) is 20.8 Å². The van der Waals surface area contributed by atoms with Crippen LogP contribution in [-0.4, -0.2) is 21.0 Å². The zero-order chi connectivity index (χ0) is 25.8. The van der Waals surface area contributed by atoms with Crippen molar-refractivity contribution in [2.24, 2.45) is 5.92 Å². The maximum Gasteiger partial charge on any atom is 0.231 e. The molecule has 0 aliphatic heterocycles. The van der Waals surface area contributed by atoms with Crippen LogP contribution in [0.3, 0.4) is 0 Å². The summed E-state index contributed by atoms with van der Waals surface area (Å²) in [5.41, 5.74) is 3.09. The lowest BCUT2D eigenvalue weighted by Gasteiger charge is -2.09. The van der Waals surface area contributed by atoms with Crippen molar-refractivity contribution in [2.75, 3.05) is 5.32 Å². The van der Waals surface area contributed by atoms with Gasteiger partial charge in [0, 0.05) is 33.6 Å². The van der Waals surface area contributed by atoms with Gasteiger partial charge in [-0.1, -0.05) is 40.9 Å². The summed E-state index contributed by atoms with van der Waals surface area (Å²) in [6, 6.07) is 15.5. The molecule has 1 aliphatic rings. The molecule has 2 atom stereocenters. The number of rotatable bonds is 6. The van der Waals surface area contributed by atoms with Crippen LogP contribution in [0.25, 0.3) is 10.2 Å². The van der Waals surface area contributed by atoms with E-state index in [1.807, 2.05) is 25.1 Å². The van der Waals surface area contributed by atoms with Gasteiger partial charge in [0.1, 0.15) is 4.33 Å². The van der Waals surface area contributed by atoms with E-state index in [-0.39, 0.29) is 18.1 Å². The maximum absolute atomic E-state index is 13.1. The van der Waals surface area contributed by atoms with Crippen LogP contribution in [0.5, 0.6) is 0 Å². The molecule has 1 heterocycles. The molecular weight excluding hydrogens is 582 g/mol. The topological polar surface area (TPSA) is 59.1 Å². The van der Waals surface area contributed by atoms with Gasteiger partial charge in [0.2, 0.25) is 5.91 Å². The summed E-state index contributed by atoms with van der Waals surface area (Å²) < 4.78 is -0.241. The van der Waals surface area contributed by atoms with Crippen LogP contribution >= 0.6 is 69.3 Å². The van der Waals surface area contributed by atoms with Gasteiger partial charge in [-0.3, -0.25) is 9.59 Å². The van der Waals surface area contributed by atoms with E-state index in [0.29, 0.717) is 31.9 Å². The Morgan fingerprint density at radius 3 is 2.44 bits per heavy atom. The Labute approximate surface area is 236 Å². The minimum atomic E-state index is -1.31. The minimum absolute atomic E-state index is 0.149. The number of hydrogen-bond acceptors (Lipinski definition) is 4. The second-order valence-corrected chi connectivity index (χ2v) is 12.6. The molecule has 0 radical (unpaired) electrons. The second kappa shape index (κ2) is 9.79. The van der Waals surface area contributed by atoms with Gasteiger partial charge >= 0.3 is 0 Å². The molecule has 36 heavy (non-hydrogen) atoms. The minimum Gasteiger partial charge on any atom is -0.326 e. The van der Waals surface area contributed by atoms with E-state index >= 15 is 0 Å². The molecule has 5 rings (SSSR count). The molecule has 3 aromatic carbocycles. The number of carbonyl (C=O) groups is 2. The summed E-state index contributed by atoms with van der Waals surface area (Å²) in [5, 5.41) is 4.93. The summed E-state index contributed by atoms with van der Waals surface area (Å²) >= 11 is 33.0. The normalized spacial score (nSPS) is 18.3. The molecule has 1 fully saturated rings. The molecule has 1 aliphatic carbocycles. The predicted molar refractivity (Wildman–Crippen MR) is 150 cm³/mol. The van der Waals surface area contributed by atoms with Crippen molar-refractivity contribution in [1.29, 1.82) is 0 Å². The number of Topliss-reactive ketones (excluding diaryl/α,β-unsaturated/α-hetero) is 1. The number of nitrogens with zero attached hydrogens (tertiary/aromatic N) is 1. The van der Waals surface area contributed by atoms with Crippen molar-refractivity contribution in [3.8, 4) is 0 Å². The van der Waals surface area contributed by atoms with Gasteiger partial charge in [-0.15, -0.1) is 34.5 Å². The van der Waals surface area contributed by atoms with Crippen LogP contribution in [0.2, 0.25) is 15.1 Å². The van der Waals surface area contributed by atoms with Gasteiger partial charge < -0.3 is 5.32 Å². The number of halogens is 5. The fourth-order valence-corrected chi connectivity index (χ4v) is 6.74. The number of benzene rings is 3. The van der Waals surface area contributed by atoms with Gasteiger partial charge in [0.05, 0.1) is 26.2 Å². The molecule has 4 nitrogen and oxygen atoms in total. The summed E-state index contributed by atoms with van der Waals surface area (Å²) in [5.74, 6) is -1.76. The highest BCUT2D eigenvalue weighted by atomic mass is 35.5. The summed E-state index contributed by atoms with van der Waals surface area (Å²) in [6.07, 6.45) is 0.149. The summed E-state index contributed by atoms with van der Waals surface area (Å²) in [7, 11) is 0. The van der Waals surface area contributed by atoms with Crippen LogP contribution in [0, 0.1) is 12.8 Å². The largest absolute Gasteiger partial charge is 0.326 e. The average molecular weight is 599 g/mol. The van der Waals surface area contributed by atoms with Crippen molar-refractivity contribution in [3.05, 3.63) is 91.4 Å². The van der Waals surface area contributed by atoms with E-state index in [4.69, 9.17) is 58.0 Å². The summed E-state index contributed by atoms with van der Waals surface area (Å²) in [6.45, 7) is 1.95. The molecule has 1 amide bonds. The van der Waals surface area contributed by atoms with Gasteiger partial charge in [0.15, 0.2) is 5.78 Å². The Bertz CT molecular complexity index is 1510. The lowest BCUT2D eigenvalue weighted by Crippen LogP contribution is -2.17. The highest BCUT2D eigenvalue weighted by Crippen LogP contribution is 2.65. The number of ketones is 1. The zero-order valence-corrected chi connectivity index (χ0v) is 23.2. The number of anilines is 1. The molecule has 1 aromatic heterocycles. The number of carbonyl (C=O) groups excluding carboxylic acids is 2. The quantitative estimate of drug-likeness (QED) is 0.179. The molecule has 1 saturated carbocycles. The Kier molecular flexibility index (Phi) is 7.01. The average Bonchev–Trinajstić information content (AvgIpc) is 3.18. The third-order valence-electron chi connectivity index (χ3n) is 6.04. The molecule has 184 valence electrons. The van der Waals surface area contributed by atoms with E-state index in [9.17, 15) is 9.59 Å². The number of thiazole rings is 1. The van der Waals surface area contributed by atoms with Gasteiger partial charge in [-0.05, 0) is 66.6 Å². The monoisotopic (exact) mass is 596 g/mol. The first-order chi connectivity index (χ1) is 17.0. The van der Waals surface area contributed by atoms with Gasteiger partial charge in [0.25, 0.3) is 0 Å². The lowest BCUT2D eigenvalue weighted by molar-refractivity contribution is -0.117. The molecule has 10 heteroatoms. The van der Waals surface area contributed by atoms with Crippen molar-refractivity contribution >= 4 is 96.9 Å². The third-order valence-corrected chi connectivity index (χ3v) is 8.70. The molecule has 0 saturated heterocycles. The standard InChI is InChI=1S/C26H17Cl5N2O2S/c1-12-32-20-6-13(2-5-22(20)36-12)7-21(34)18-11-17(3-4-19(18)29)33-25(35)24-23(26(24,30)31)14-8-15(27)10-16(28)9-14/h2-6,8-11,23-24H,7H2,1H3,(H,33,35). The molecule has 1 N–H and O–H groups in total. The van der Waals surface area contributed by atoms with Crippen LogP contribution < -0.4 is 5.32 Å². The maximum atomic E-state index is 13.1. The van der Waals surface area contributed by atoms with Crippen LogP contribution in [-0.2, 0) is 11.2 Å². The number of fused-ring (bicyclic) bond motifs is 1. The number of amides is 1. The Morgan fingerprint density at radius 1 is 1.00 bits per heavy atom. The SMILES string of the molecule is Cc1nc2cc(CC(=O)c3cc(NC(=O)C4C(c5cc(Cl)cc(Cl)c5)C4(Cl)Cl)ccc3Cl)ccc2s1. The lowest BCUT2D eigenvalue weighted by atomic mass is 10.0. The Morgan fingerprint density at radius 2 is 1.72 bits per heavy atom. The first kappa shape index (κ1) is 25.8. The van der Waals surface area contributed by atoms with Crippen molar-refractivity contribution in [1.82, 2.24) is 4.98 Å². The zero-order valence-electron chi connectivity index (χ0n) is 18.6. The smallest absolute Gasteiger partial charge is 0.231 e. The van der Waals surface area contributed by atoms with Crippen molar-refractivity contribution < 1.29 is 9.59 Å². The van der Waals surface area contributed by atoms with Crippen molar-refractivity contribution in [3.63, 3.8) is 0 Å². The van der Waals surface area contributed by atoms with Gasteiger partial charge in [-0.2, -0.15) is 0 Å². The van der Waals surface area contributed by atoms with Crippen LogP contribution in [0.15, 0.2) is 54.6 Å². The number of aromatic nitrogens is 1. The number of aryl methyl sites for hydroxylation is 1. The third kappa shape index (κ3) is 5.10. The highest BCUT2D eigenvalue weighted by Gasteiger charge is 2.67. The fourth-order valence-electron chi connectivity index (χ4n) is 4.34. The van der Waals surface area contributed by atoms with E-state index in [1.165, 1.54) is 0 Å². The van der Waals surface area contributed by atoms with Crippen molar-refractivity contribution in [2.45, 2.75) is 23.6 Å². The fraction of sp³-hybridized carbons (Fsp3) is 0.192. The summed E-state index contributed by atoms with van der Waals surface area (Å²) in [4.78, 5) is 30.6. The van der Waals surface area contributed by atoms with E-state index < -0.39 is 16.2 Å². The highest BCUT2D eigenvalue weighted by molar-refractivity contribution is 7.18. The first-order valence-electron chi connectivity index (χ1n) is 10.9. The van der Waals surface area contributed by atoms with E-state index in [1.54, 1.807) is 47.7 Å². The second-order valence-electron chi connectivity index (χ2n) is 8.65. The Balaban J connectivity index is 1.32. The number of hydrogen-bond donors (Lipinski definition) is 1. The molecule has 2 unspecified atom stereocenters. The van der Waals surface area contributed by atoms with Crippen LogP contribution in [0.1, 0.15) is 32.4 Å².